The fourth-order valence-electron chi connectivity index (χ4n) is 3.80. The number of piperidine rings is 1. The number of rotatable bonds is 6. The van der Waals surface area contributed by atoms with Gasteiger partial charge < -0.3 is 15.5 Å². The van der Waals surface area contributed by atoms with E-state index in [-0.39, 0.29) is 0 Å². The largest absolute Gasteiger partial charge is 0.367 e. The van der Waals surface area contributed by atoms with Crippen LogP contribution < -0.4 is 10.6 Å². The number of aryl methyl sites for hydroxylation is 1. The highest BCUT2D eigenvalue weighted by Gasteiger charge is 2.17. The zero-order chi connectivity index (χ0) is 21.5. The molecule has 1 saturated heterocycles. The Morgan fingerprint density at radius 1 is 1.16 bits per heavy atom. The van der Waals surface area contributed by atoms with E-state index in [1.54, 1.807) is 17.2 Å². The number of guanidine groups is 1. The maximum Gasteiger partial charge on any atom is 0.193 e. The summed E-state index contributed by atoms with van der Waals surface area (Å²) in [5.41, 5.74) is 3.61. The maximum absolute atomic E-state index is 4.83. The van der Waals surface area contributed by atoms with Crippen molar-refractivity contribution in [2.24, 2.45) is 12.0 Å². The van der Waals surface area contributed by atoms with Crippen LogP contribution in [0.4, 0.5) is 5.82 Å². The fourth-order valence-corrected chi connectivity index (χ4v) is 3.80. The summed E-state index contributed by atoms with van der Waals surface area (Å²) in [6, 6.07) is 10.6. The van der Waals surface area contributed by atoms with Gasteiger partial charge in [0.2, 0.25) is 0 Å². The number of nitrogens with zero attached hydrogens (tertiary/aromatic N) is 6. The van der Waals surface area contributed by atoms with Crippen molar-refractivity contribution < 1.29 is 0 Å². The summed E-state index contributed by atoms with van der Waals surface area (Å²) in [5, 5.41) is 12.0. The van der Waals surface area contributed by atoms with Crippen LogP contribution >= 0.6 is 0 Å². The van der Waals surface area contributed by atoms with Crippen molar-refractivity contribution in [3.63, 3.8) is 0 Å². The molecular weight excluding hydrogens is 388 g/mol. The zero-order valence-electron chi connectivity index (χ0n) is 18.3. The van der Waals surface area contributed by atoms with E-state index in [1.807, 2.05) is 7.05 Å². The van der Waals surface area contributed by atoms with Gasteiger partial charge in [-0.3, -0.25) is 9.67 Å². The highest BCUT2D eigenvalue weighted by molar-refractivity contribution is 5.86. The molecular formula is C23H30N8. The molecule has 0 spiro atoms. The lowest BCUT2D eigenvalue weighted by Gasteiger charge is -2.31. The molecule has 31 heavy (non-hydrogen) atoms. The second kappa shape index (κ2) is 10.1. The number of anilines is 1. The fraction of sp³-hybridized carbons (Fsp3) is 0.391. The van der Waals surface area contributed by atoms with Crippen molar-refractivity contribution >= 4 is 28.9 Å². The van der Waals surface area contributed by atoms with Gasteiger partial charge in [0.25, 0.3) is 0 Å². The minimum atomic E-state index is 0.664. The van der Waals surface area contributed by atoms with E-state index in [2.05, 4.69) is 73.9 Å². The molecule has 8 heteroatoms. The lowest BCUT2D eigenvalue weighted by Crippen LogP contribution is -2.44. The predicted octanol–water partition coefficient (Wildman–Crippen LogP) is 2.92. The van der Waals surface area contributed by atoms with Gasteiger partial charge in [0.15, 0.2) is 11.6 Å². The van der Waals surface area contributed by atoms with Gasteiger partial charge in [-0.05, 0) is 25.3 Å². The number of nitrogens with one attached hydrogen (secondary N) is 2. The smallest absolute Gasteiger partial charge is 0.193 e. The molecule has 162 valence electrons. The number of aliphatic imine (C=N–C) groups is 1. The van der Waals surface area contributed by atoms with E-state index in [4.69, 9.17) is 4.99 Å². The van der Waals surface area contributed by atoms with Gasteiger partial charge in [0, 0.05) is 33.2 Å². The van der Waals surface area contributed by atoms with Gasteiger partial charge in [-0.2, -0.15) is 5.10 Å². The Labute approximate surface area is 183 Å². The second-order valence-corrected chi connectivity index (χ2v) is 7.59. The van der Waals surface area contributed by atoms with Crippen LogP contribution in [0.25, 0.3) is 17.1 Å². The van der Waals surface area contributed by atoms with E-state index in [0.717, 1.165) is 55.3 Å². The first-order chi connectivity index (χ1) is 15.2. The third kappa shape index (κ3) is 5.20. The molecule has 4 rings (SSSR count). The first-order valence-electron chi connectivity index (χ1n) is 10.9. The summed E-state index contributed by atoms with van der Waals surface area (Å²) in [6.07, 6.45) is 7.81. The van der Waals surface area contributed by atoms with Crippen LogP contribution in [-0.2, 0) is 7.05 Å². The van der Waals surface area contributed by atoms with Crippen LogP contribution in [0.15, 0.2) is 53.4 Å². The lowest BCUT2D eigenvalue weighted by atomic mass is 10.0. The molecule has 3 aromatic rings. The Morgan fingerprint density at radius 3 is 2.74 bits per heavy atom. The summed E-state index contributed by atoms with van der Waals surface area (Å²) in [5.74, 6) is 1.78. The Hall–Kier alpha value is -3.42. The Balaban J connectivity index is 1.33. The summed E-state index contributed by atoms with van der Waals surface area (Å²) in [4.78, 5) is 15.8. The topological polar surface area (TPSA) is 83.3 Å². The molecule has 1 fully saturated rings. The predicted molar refractivity (Wildman–Crippen MR) is 126 cm³/mol. The summed E-state index contributed by atoms with van der Waals surface area (Å²) in [7, 11) is 1.88. The molecule has 0 amide bonds. The van der Waals surface area contributed by atoms with E-state index in [0.29, 0.717) is 13.1 Å². The van der Waals surface area contributed by atoms with Crippen LogP contribution in [0.2, 0.25) is 0 Å². The van der Waals surface area contributed by atoms with Gasteiger partial charge in [-0.15, -0.1) is 0 Å². The van der Waals surface area contributed by atoms with Crippen molar-refractivity contribution in [1.29, 1.82) is 0 Å². The Kier molecular flexibility index (Phi) is 6.76. The molecule has 1 aromatic carbocycles. The normalized spacial score (nSPS) is 14.7. The van der Waals surface area contributed by atoms with Crippen LogP contribution in [0.3, 0.4) is 0 Å². The SMILES string of the molecule is CCNC(=NCCNc1ncnc2c1cnn2C)N1CCC(=Cc2ccccc2)CC1. The summed E-state index contributed by atoms with van der Waals surface area (Å²) in [6.45, 7) is 6.30. The van der Waals surface area contributed by atoms with Crippen LogP contribution in [0, 0.1) is 0 Å². The van der Waals surface area contributed by atoms with Crippen molar-refractivity contribution in [2.45, 2.75) is 19.8 Å². The van der Waals surface area contributed by atoms with Gasteiger partial charge in [-0.25, -0.2) is 9.97 Å². The lowest BCUT2D eigenvalue weighted by molar-refractivity contribution is 0.376. The Morgan fingerprint density at radius 2 is 1.97 bits per heavy atom. The highest BCUT2D eigenvalue weighted by atomic mass is 15.3. The number of aromatic nitrogens is 4. The monoisotopic (exact) mass is 418 g/mol. The third-order valence-electron chi connectivity index (χ3n) is 5.41. The van der Waals surface area contributed by atoms with Crippen molar-refractivity contribution in [2.75, 3.05) is 38.0 Å². The average Bonchev–Trinajstić information content (AvgIpc) is 3.19. The standard InChI is InChI=1S/C23H30N8/c1-3-24-23(31-13-9-19(10-14-31)15-18-7-5-4-6-8-18)26-12-11-25-21-20-16-29-30(2)22(20)28-17-27-21/h4-8,15-17H,3,9-14H2,1-2H3,(H,24,26)(H,25,27,28). The molecule has 8 nitrogen and oxygen atoms in total. The van der Waals surface area contributed by atoms with Crippen LogP contribution in [0.1, 0.15) is 25.3 Å². The molecule has 0 saturated carbocycles. The molecule has 1 aliphatic heterocycles. The van der Waals surface area contributed by atoms with E-state index >= 15 is 0 Å². The van der Waals surface area contributed by atoms with Crippen molar-refractivity contribution in [3.05, 3.63) is 54.0 Å². The summed E-state index contributed by atoms with van der Waals surface area (Å²) < 4.78 is 1.75. The number of hydrogen-bond donors (Lipinski definition) is 2. The molecule has 0 radical (unpaired) electrons. The number of benzene rings is 1. The van der Waals surface area contributed by atoms with Gasteiger partial charge in [0.05, 0.1) is 18.1 Å². The molecule has 0 atom stereocenters. The van der Waals surface area contributed by atoms with Gasteiger partial charge >= 0.3 is 0 Å². The summed E-state index contributed by atoms with van der Waals surface area (Å²) >= 11 is 0. The van der Waals surface area contributed by atoms with E-state index in [9.17, 15) is 0 Å². The van der Waals surface area contributed by atoms with Gasteiger partial charge in [-0.1, -0.05) is 42.0 Å². The van der Waals surface area contributed by atoms with Gasteiger partial charge in [0.1, 0.15) is 12.1 Å². The molecule has 2 N–H and O–H groups in total. The molecule has 0 unspecified atom stereocenters. The van der Waals surface area contributed by atoms with Crippen LogP contribution in [0.5, 0.6) is 0 Å². The second-order valence-electron chi connectivity index (χ2n) is 7.59. The Bertz CT molecular complexity index is 1040. The van der Waals surface area contributed by atoms with E-state index < -0.39 is 0 Å². The van der Waals surface area contributed by atoms with Crippen molar-refractivity contribution in [1.82, 2.24) is 30.0 Å². The van der Waals surface area contributed by atoms with E-state index in [1.165, 1.54) is 11.1 Å². The zero-order valence-corrected chi connectivity index (χ0v) is 18.3. The molecule has 0 bridgehead atoms. The quantitative estimate of drug-likeness (QED) is 0.364. The maximum atomic E-state index is 4.83. The molecule has 3 heterocycles. The number of hydrogen-bond acceptors (Lipinski definition) is 5. The third-order valence-corrected chi connectivity index (χ3v) is 5.41. The minimum absolute atomic E-state index is 0.664. The minimum Gasteiger partial charge on any atom is -0.367 e. The first kappa shape index (κ1) is 20.8. The molecule has 2 aromatic heterocycles. The average molecular weight is 419 g/mol. The highest BCUT2D eigenvalue weighted by Crippen LogP contribution is 2.20. The van der Waals surface area contributed by atoms with Crippen molar-refractivity contribution in [3.8, 4) is 0 Å². The molecule has 1 aliphatic rings. The first-order valence-corrected chi connectivity index (χ1v) is 10.9. The number of fused-ring (bicyclic) bond motifs is 1. The number of likely N-dealkylation sites (tertiary alicyclic amines) is 1. The molecule has 0 aliphatic carbocycles. The van der Waals surface area contributed by atoms with Crippen LogP contribution in [-0.4, -0.2) is 63.3 Å².